The first kappa shape index (κ1) is 9.90. The van der Waals surface area contributed by atoms with E-state index in [-0.39, 0.29) is 17.8 Å². The first-order valence-electron chi connectivity index (χ1n) is 4.59. The monoisotopic (exact) mass is 214 g/mol. The van der Waals surface area contributed by atoms with Gasteiger partial charge in [0.2, 0.25) is 0 Å². The van der Waals surface area contributed by atoms with E-state index in [9.17, 15) is 4.39 Å². The lowest BCUT2D eigenvalue weighted by atomic mass is 9.94. The lowest BCUT2D eigenvalue weighted by Gasteiger charge is -2.15. The van der Waals surface area contributed by atoms with Gasteiger partial charge in [-0.05, 0) is 23.8 Å². The van der Waals surface area contributed by atoms with E-state index in [1.807, 2.05) is 0 Å². The summed E-state index contributed by atoms with van der Waals surface area (Å²) in [5, 5.41) is 3.69. The Kier molecular flexibility index (Phi) is 2.72. The predicted molar refractivity (Wildman–Crippen MR) is 55.0 cm³/mol. The van der Waals surface area contributed by atoms with Gasteiger partial charge in [-0.3, -0.25) is 0 Å². The second kappa shape index (κ2) is 3.85. The van der Waals surface area contributed by atoms with Gasteiger partial charge in [-0.25, -0.2) is 4.39 Å². The molecule has 76 valence electrons. The minimum absolute atomic E-state index is 0.0250. The Balaban J connectivity index is 2.34. The third-order valence-electron chi connectivity index (χ3n) is 2.62. The number of rotatable bonds is 1. The van der Waals surface area contributed by atoms with Crippen molar-refractivity contribution in [3.63, 3.8) is 0 Å². The Morgan fingerprint density at radius 3 is 2.86 bits per heavy atom. The van der Waals surface area contributed by atoms with Crippen LogP contribution >= 0.6 is 11.6 Å². The van der Waals surface area contributed by atoms with Crippen molar-refractivity contribution in [2.75, 3.05) is 13.1 Å². The summed E-state index contributed by atoms with van der Waals surface area (Å²) in [6, 6.07) is 4.58. The van der Waals surface area contributed by atoms with Gasteiger partial charge in [0.15, 0.2) is 0 Å². The Hall–Kier alpha value is -0.640. The zero-order valence-electron chi connectivity index (χ0n) is 7.63. The van der Waals surface area contributed by atoms with E-state index in [1.54, 1.807) is 12.1 Å². The largest absolute Gasteiger partial charge is 0.326 e. The quantitative estimate of drug-likeness (QED) is 0.744. The fraction of sp³-hybridized carbons (Fsp3) is 0.400. The molecule has 0 amide bonds. The number of hydrogen-bond donors (Lipinski definition) is 2. The zero-order valence-corrected chi connectivity index (χ0v) is 8.39. The average Bonchev–Trinajstić information content (AvgIpc) is 2.56. The molecule has 0 bridgehead atoms. The van der Waals surface area contributed by atoms with Crippen LogP contribution in [0.1, 0.15) is 11.5 Å². The molecular formula is C10H12ClFN2. The molecule has 2 atom stereocenters. The van der Waals surface area contributed by atoms with Crippen molar-refractivity contribution < 1.29 is 4.39 Å². The molecular weight excluding hydrogens is 203 g/mol. The Labute approximate surface area is 87.2 Å². The SMILES string of the molecule is NC1CNCC1c1cc(Cl)ccc1F. The van der Waals surface area contributed by atoms with Crippen LogP contribution in [0.2, 0.25) is 5.02 Å². The third kappa shape index (κ3) is 1.75. The van der Waals surface area contributed by atoms with Gasteiger partial charge in [0.25, 0.3) is 0 Å². The van der Waals surface area contributed by atoms with Crippen molar-refractivity contribution in [3.8, 4) is 0 Å². The zero-order chi connectivity index (χ0) is 10.1. The van der Waals surface area contributed by atoms with Gasteiger partial charge in [0.05, 0.1) is 0 Å². The molecule has 0 radical (unpaired) electrons. The lowest BCUT2D eigenvalue weighted by molar-refractivity contribution is 0.566. The van der Waals surface area contributed by atoms with Crippen LogP contribution in [0.4, 0.5) is 4.39 Å². The summed E-state index contributed by atoms with van der Waals surface area (Å²) in [7, 11) is 0. The highest BCUT2D eigenvalue weighted by atomic mass is 35.5. The molecule has 1 saturated heterocycles. The first-order chi connectivity index (χ1) is 6.68. The normalized spacial score (nSPS) is 26.8. The van der Waals surface area contributed by atoms with Gasteiger partial charge < -0.3 is 11.1 Å². The number of nitrogens with two attached hydrogens (primary N) is 1. The highest BCUT2D eigenvalue weighted by Crippen LogP contribution is 2.26. The summed E-state index contributed by atoms with van der Waals surface area (Å²) in [6.45, 7) is 1.45. The predicted octanol–water partition coefficient (Wildman–Crippen LogP) is 1.49. The fourth-order valence-electron chi connectivity index (χ4n) is 1.84. The van der Waals surface area contributed by atoms with Gasteiger partial charge in [0, 0.05) is 30.1 Å². The Bertz CT molecular complexity index is 343. The van der Waals surface area contributed by atoms with E-state index in [2.05, 4.69) is 5.32 Å². The van der Waals surface area contributed by atoms with E-state index in [0.29, 0.717) is 10.6 Å². The molecule has 4 heteroatoms. The number of hydrogen-bond acceptors (Lipinski definition) is 2. The molecule has 0 aliphatic carbocycles. The van der Waals surface area contributed by atoms with Crippen LogP contribution in [0.25, 0.3) is 0 Å². The minimum atomic E-state index is -0.224. The maximum absolute atomic E-state index is 13.5. The number of nitrogens with one attached hydrogen (secondary N) is 1. The van der Waals surface area contributed by atoms with Crippen molar-refractivity contribution in [2.24, 2.45) is 5.73 Å². The molecule has 0 spiro atoms. The van der Waals surface area contributed by atoms with Crippen molar-refractivity contribution in [1.29, 1.82) is 0 Å². The van der Waals surface area contributed by atoms with Crippen LogP contribution in [0.5, 0.6) is 0 Å². The molecule has 1 fully saturated rings. The maximum atomic E-state index is 13.5. The van der Waals surface area contributed by atoms with Crippen LogP contribution in [0.3, 0.4) is 0 Å². The standard InChI is InChI=1S/C10H12ClFN2/c11-6-1-2-9(12)7(3-6)8-4-14-5-10(8)13/h1-3,8,10,14H,4-5,13H2. The first-order valence-corrected chi connectivity index (χ1v) is 4.97. The van der Waals surface area contributed by atoms with Crippen molar-refractivity contribution in [2.45, 2.75) is 12.0 Å². The molecule has 14 heavy (non-hydrogen) atoms. The van der Waals surface area contributed by atoms with Gasteiger partial charge in [0.1, 0.15) is 5.82 Å². The van der Waals surface area contributed by atoms with E-state index >= 15 is 0 Å². The minimum Gasteiger partial charge on any atom is -0.326 e. The Morgan fingerprint density at radius 2 is 2.21 bits per heavy atom. The summed E-state index contributed by atoms with van der Waals surface area (Å²) in [5.74, 6) is -0.188. The van der Waals surface area contributed by atoms with Crippen molar-refractivity contribution >= 4 is 11.6 Å². The number of halogens is 2. The molecule has 2 rings (SSSR count). The van der Waals surface area contributed by atoms with Gasteiger partial charge in [-0.15, -0.1) is 0 Å². The molecule has 2 nitrogen and oxygen atoms in total. The van der Waals surface area contributed by atoms with Crippen molar-refractivity contribution in [1.82, 2.24) is 5.32 Å². The lowest BCUT2D eigenvalue weighted by Crippen LogP contribution is -2.28. The average molecular weight is 215 g/mol. The van der Waals surface area contributed by atoms with Crippen LogP contribution in [0.15, 0.2) is 18.2 Å². The number of benzene rings is 1. The second-order valence-corrected chi connectivity index (χ2v) is 4.03. The summed E-state index contributed by atoms with van der Waals surface area (Å²) in [5.41, 5.74) is 6.48. The van der Waals surface area contributed by atoms with Gasteiger partial charge >= 0.3 is 0 Å². The molecule has 1 aliphatic rings. The molecule has 1 aromatic rings. The Morgan fingerprint density at radius 1 is 1.43 bits per heavy atom. The van der Waals surface area contributed by atoms with Crippen LogP contribution < -0.4 is 11.1 Å². The highest BCUT2D eigenvalue weighted by Gasteiger charge is 2.27. The maximum Gasteiger partial charge on any atom is 0.126 e. The van der Waals surface area contributed by atoms with E-state index in [1.165, 1.54) is 6.07 Å². The molecule has 3 N–H and O–H groups in total. The van der Waals surface area contributed by atoms with E-state index < -0.39 is 0 Å². The van der Waals surface area contributed by atoms with E-state index in [4.69, 9.17) is 17.3 Å². The van der Waals surface area contributed by atoms with Crippen LogP contribution in [-0.4, -0.2) is 19.1 Å². The topological polar surface area (TPSA) is 38.0 Å². The summed E-state index contributed by atoms with van der Waals surface area (Å²) < 4.78 is 13.5. The third-order valence-corrected chi connectivity index (χ3v) is 2.85. The van der Waals surface area contributed by atoms with Gasteiger partial charge in [-0.1, -0.05) is 11.6 Å². The smallest absolute Gasteiger partial charge is 0.126 e. The molecule has 2 unspecified atom stereocenters. The molecule has 0 saturated carbocycles. The molecule has 1 heterocycles. The molecule has 1 aliphatic heterocycles. The second-order valence-electron chi connectivity index (χ2n) is 3.59. The summed E-state index contributed by atoms with van der Waals surface area (Å²) in [6.07, 6.45) is 0. The molecule has 0 aromatic heterocycles. The molecule has 1 aromatic carbocycles. The van der Waals surface area contributed by atoms with Crippen molar-refractivity contribution in [3.05, 3.63) is 34.6 Å². The summed E-state index contributed by atoms with van der Waals surface area (Å²) in [4.78, 5) is 0. The van der Waals surface area contributed by atoms with Crippen LogP contribution in [-0.2, 0) is 0 Å². The fourth-order valence-corrected chi connectivity index (χ4v) is 2.02. The van der Waals surface area contributed by atoms with E-state index in [0.717, 1.165) is 13.1 Å². The highest BCUT2D eigenvalue weighted by molar-refractivity contribution is 6.30. The van der Waals surface area contributed by atoms with Gasteiger partial charge in [-0.2, -0.15) is 0 Å². The summed E-state index contributed by atoms with van der Waals surface area (Å²) >= 11 is 5.82. The van der Waals surface area contributed by atoms with Crippen LogP contribution in [0, 0.1) is 5.82 Å².